The third kappa shape index (κ3) is 4.01. The molecule has 1 heterocycles. The Bertz CT molecular complexity index is 782. The van der Waals surface area contributed by atoms with Gasteiger partial charge >= 0.3 is 0 Å². The van der Waals surface area contributed by atoms with Crippen LogP contribution in [0.15, 0.2) is 27.5 Å². The number of carboxylic acids is 1. The number of unbranched alkanes of at least 4 members (excludes halogenated alkanes) is 2. The molecule has 0 amide bonds. The minimum atomic E-state index is -1.04. The topological polar surface area (TPSA) is 77.9 Å². The van der Waals surface area contributed by atoms with Gasteiger partial charge in [0.05, 0.1) is 10.9 Å². The number of carbonyl (C=O) groups excluding carboxylic acids is 1. The zero-order chi connectivity index (χ0) is 15.4. The highest BCUT2D eigenvalue weighted by atomic mass is 79.9. The van der Waals surface area contributed by atoms with Crippen molar-refractivity contribution in [3.05, 3.63) is 37.8 Å². The molecule has 0 saturated carbocycles. The van der Waals surface area contributed by atoms with Gasteiger partial charge in [0.2, 0.25) is 0 Å². The number of carboxylic acid groups (broad SMARTS) is 1. The van der Waals surface area contributed by atoms with Crippen molar-refractivity contribution in [1.29, 1.82) is 0 Å². The summed E-state index contributed by atoms with van der Waals surface area (Å²) in [7, 11) is 0. The van der Waals surface area contributed by atoms with Gasteiger partial charge in [0.25, 0.3) is 5.56 Å². The van der Waals surface area contributed by atoms with Crippen LogP contribution in [0, 0.1) is 4.77 Å². The Kier molecular flexibility index (Phi) is 5.30. The maximum absolute atomic E-state index is 12.4. The molecular weight excluding hydrogens is 356 g/mol. The SMILES string of the molecule is O=C([O-])CCCCCn1c(=S)[nH]c2ccc(Br)cc2c1=O. The monoisotopic (exact) mass is 369 g/mol. The molecule has 2 rings (SSSR count). The van der Waals surface area contributed by atoms with Crippen molar-refractivity contribution in [3.8, 4) is 0 Å². The average molecular weight is 370 g/mol. The lowest BCUT2D eigenvalue weighted by molar-refractivity contribution is -0.305. The van der Waals surface area contributed by atoms with Crippen LogP contribution in [0.2, 0.25) is 0 Å². The second-order valence-corrected chi connectivity index (χ2v) is 6.06. The number of hydrogen-bond acceptors (Lipinski definition) is 4. The molecule has 1 N–H and O–H groups in total. The van der Waals surface area contributed by atoms with Crippen molar-refractivity contribution in [2.75, 3.05) is 0 Å². The molecule has 0 aliphatic heterocycles. The van der Waals surface area contributed by atoms with Gasteiger partial charge < -0.3 is 14.9 Å². The quantitative estimate of drug-likeness (QED) is 0.624. The van der Waals surface area contributed by atoms with Crippen LogP contribution in [0.4, 0.5) is 0 Å². The molecule has 0 fully saturated rings. The molecule has 112 valence electrons. The van der Waals surface area contributed by atoms with Gasteiger partial charge in [0.1, 0.15) is 0 Å². The van der Waals surface area contributed by atoms with Crippen LogP contribution < -0.4 is 10.7 Å². The van der Waals surface area contributed by atoms with E-state index in [-0.39, 0.29) is 12.0 Å². The molecule has 0 spiro atoms. The summed E-state index contributed by atoms with van der Waals surface area (Å²) in [5.41, 5.74) is 0.580. The zero-order valence-corrected chi connectivity index (χ0v) is 13.6. The van der Waals surface area contributed by atoms with Crippen molar-refractivity contribution in [2.45, 2.75) is 32.2 Å². The van der Waals surface area contributed by atoms with Crippen LogP contribution in [-0.2, 0) is 11.3 Å². The lowest BCUT2D eigenvalue weighted by atomic mass is 10.2. The number of carbonyl (C=O) groups is 1. The fraction of sp³-hybridized carbons (Fsp3) is 0.357. The van der Waals surface area contributed by atoms with Crippen molar-refractivity contribution in [3.63, 3.8) is 0 Å². The Morgan fingerprint density at radius 2 is 2.10 bits per heavy atom. The van der Waals surface area contributed by atoms with Crippen LogP contribution >= 0.6 is 28.1 Å². The van der Waals surface area contributed by atoms with E-state index in [9.17, 15) is 14.7 Å². The first-order chi connectivity index (χ1) is 9.99. The van der Waals surface area contributed by atoms with E-state index in [0.29, 0.717) is 41.5 Å². The summed E-state index contributed by atoms with van der Waals surface area (Å²) in [6.45, 7) is 0.476. The number of aliphatic carboxylic acids is 1. The lowest BCUT2D eigenvalue weighted by Crippen LogP contribution is -2.23. The molecule has 7 heteroatoms. The normalized spacial score (nSPS) is 10.9. The minimum Gasteiger partial charge on any atom is -0.550 e. The van der Waals surface area contributed by atoms with E-state index in [0.717, 1.165) is 4.47 Å². The molecule has 2 aromatic rings. The van der Waals surface area contributed by atoms with E-state index in [4.69, 9.17) is 12.2 Å². The number of aromatic nitrogens is 2. The van der Waals surface area contributed by atoms with E-state index in [1.807, 2.05) is 6.07 Å². The van der Waals surface area contributed by atoms with Crippen LogP contribution in [0.3, 0.4) is 0 Å². The highest BCUT2D eigenvalue weighted by Gasteiger charge is 2.06. The number of aromatic amines is 1. The number of rotatable bonds is 6. The van der Waals surface area contributed by atoms with E-state index < -0.39 is 5.97 Å². The van der Waals surface area contributed by atoms with Gasteiger partial charge in [-0.2, -0.15) is 0 Å². The van der Waals surface area contributed by atoms with Gasteiger partial charge in [-0.3, -0.25) is 9.36 Å². The van der Waals surface area contributed by atoms with Gasteiger partial charge in [0, 0.05) is 17.0 Å². The Balaban J connectivity index is 2.18. The number of fused-ring (bicyclic) bond motifs is 1. The predicted octanol–water partition coefficient (Wildman–Crippen LogP) is 2.13. The number of nitrogens with one attached hydrogen (secondary N) is 1. The molecule has 1 aromatic heterocycles. The van der Waals surface area contributed by atoms with Gasteiger partial charge in [0.15, 0.2) is 4.77 Å². The first-order valence-corrected chi connectivity index (χ1v) is 7.81. The first kappa shape index (κ1) is 15.9. The highest BCUT2D eigenvalue weighted by Crippen LogP contribution is 2.15. The number of benzene rings is 1. The van der Waals surface area contributed by atoms with Crippen LogP contribution in [0.25, 0.3) is 10.9 Å². The third-order valence-corrected chi connectivity index (χ3v) is 4.02. The second-order valence-electron chi connectivity index (χ2n) is 4.76. The largest absolute Gasteiger partial charge is 0.550 e. The summed E-state index contributed by atoms with van der Waals surface area (Å²) in [5, 5.41) is 10.9. The summed E-state index contributed by atoms with van der Waals surface area (Å²) in [6, 6.07) is 5.41. The maximum atomic E-state index is 12.4. The summed E-state index contributed by atoms with van der Waals surface area (Å²) in [5.74, 6) is -1.04. The Morgan fingerprint density at radius 1 is 1.33 bits per heavy atom. The number of hydrogen-bond donors (Lipinski definition) is 1. The van der Waals surface area contributed by atoms with E-state index >= 15 is 0 Å². The van der Waals surface area contributed by atoms with Crippen LogP contribution in [0.5, 0.6) is 0 Å². The number of halogens is 1. The van der Waals surface area contributed by atoms with E-state index in [2.05, 4.69) is 20.9 Å². The van der Waals surface area contributed by atoms with E-state index in [1.54, 1.807) is 12.1 Å². The smallest absolute Gasteiger partial charge is 0.262 e. The summed E-state index contributed by atoms with van der Waals surface area (Å²) in [6.07, 6.45) is 2.01. The van der Waals surface area contributed by atoms with Gasteiger partial charge in [-0.25, -0.2) is 0 Å². The Labute approximate surface area is 134 Å². The van der Waals surface area contributed by atoms with E-state index in [1.165, 1.54) is 4.57 Å². The third-order valence-electron chi connectivity index (χ3n) is 3.21. The average Bonchev–Trinajstić information content (AvgIpc) is 2.42. The molecule has 1 aromatic carbocycles. The van der Waals surface area contributed by atoms with Gasteiger partial charge in [-0.15, -0.1) is 0 Å². The minimum absolute atomic E-state index is 0.0480. The lowest BCUT2D eigenvalue weighted by Gasteiger charge is -2.08. The molecule has 0 bridgehead atoms. The molecular formula is C14H14BrN2O3S-. The van der Waals surface area contributed by atoms with Gasteiger partial charge in [-0.05, 0) is 49.7 Å². The molecule has 0 aliphatic rings. The Morgan fingerprint density at radius 3 is 2.81 bits per heavy atom. The van der Waals surface area contributed by atoms with Crippen LogP contribution in [0.1, 0.15) is 25.7 Å². The standard InChI is InChI=1S/C14H15BrN2O3S/c15-9-5-6-11-10(8-9)13(20)17(14(21)16-11)7-3-1-2-4-12(18)19/h5-6,8H,1-4,7H2,(H,16,21)(H,18,19)/p-1. The molecule has 0 saturated heterocycles. The highest BCUT2D eigenvalue weighted by molar-refractivity contribution is 9.10. The van der Waals surface area contributed by atoms with Crippen molar-refractivity contribution < 1.29 is 9.90 Å². The molecule has 0 unspecified atom stereocenters. The second kappa shape index (κ2) is 7.00. The Hall–Kier alpha value is -1.47. The molecule has 0 atom stereocenters. The fourth-order valence-corrected chi connectivity index (χ4v) is 2.79. The van der Waals surface area contributed by atoms with Crippen molar-refractivity contribution >= 4 is 45.0 Å². The molecule has 0 radical (unpaired) electrons. The van der Waals surface area contributed by atoms with Crippen molar-refractivity contribution in [2.24, 2.45) is 0 Å². The summed E-state index contributed by atoms with van der Waals surface area (Å²) < 4.78 is 2.73. The number of nitrogens with zero attached hydrogens (tertiary/aromatic N) is 1. The maximum Gasteiger partial charge on any atom is 0.262 e. The van der Waals surface area contributed by atoms with Gasteiger partial charge in [-0.1, -0.05) is 22.4 Å². The zero-order valence-electron chi connectivity index (χ0n) is 11.2. The summed E-state index contributed by atoms with van der Waals surface area (Å²) in [4.78, 5) is 25.8. The summed E-state index contributed by atoms with van der Waals surface area (Å²) >= 11 is 8.56. The van der Waals surface area contributed by atoms with Crippen molar-refractivity contribution in [1.82, 2.24) is 9.55 Å². The molecule has 5 nitrogen and oxygen atoms in total. The predicted molar refractivity (Wildman–Crippen MR) is 84.6 cm³/mol. The molecule has 21 heavy (non-hydrogen) atoms. The fourth-order valence-electron chi connectivity index (χ4n) is 2.14. The first-order valence-electron chi connectivity index (χ1n) is 6.61. The van der Waals surface area contributed by atoms with Crippen LogP contribution in [-0.4, -0.2) is 15.5 Å². The molecule has 0 aliphatic carbocycles. The number of H-pyrrole nitrogens is 1.